The normalized spacial score (nSPS) is 9.95. The lowest BCUT2D eigenvalue weighted by molar-refractivity contribution is -0.139. The fourth-order valence-electron chi connectivity index (χ4n) is 1.89. The summed E-state index contributed by atoms with van der Waals surface area (Å²) in [6, 6.07) is 16.3. The van der Waals surface area contributed by atoms with Gasteiger partial charge in [-0.05, 0) is 23.3 Å². The van der Waals surface area contributed by atoms with E-state index in [0.29, 0.717) is 5.75 Å². The Kier molecular flexibility index (Phi) is 5.10. The van der Waals surface area contributed by atoms with E-state index in [4.69, 9.17) is 4.74 Å². The first kappa shape index (κ1) is 14.8. The maximum absolute atomic E-state index is 11.9. The Morgan fingerprint density at radius 2 is 1.52 bits per heavy atom. The summed E-state index contributed by atoms with van der Waals surface area (Å²) in [6.45, 7) is 0. The molecular formula is C17H16O4. The molecule has 2 rings (SSSR count). The number of benzene rings is 2. The standard InChI is InChI=1S/C17H16O4/c1-20-16(18)12-14-8-5-9-15(10-14)21-17(19)11-13-6-3-2-4-7-13/h2-10H,11-12H2,1H3. The average Bonchev–Trinajstić information content (AvgIpc) is 2.48. The summed E-state index contributed by atoms with van der Waals surface area (Å²) >= 11 is 0. The molecule has 0 aliphatic heterocycles. The summed E-state index contributed by atoms with van der Waals surface area (Å²) in [4.78, 5) is 23.1. The predicted octanol–water partition coefficient (Wildman–Crippen LogP) is 2.55. The van der Waals surface area contributed by atoms with Gasteiger partial charge in [0.25, 0.3) is 0 Å². The third-order valence-electron chi connectivity index (χ3n) is 2.90. The van der Waals surface area contributed by atoms with Crippen LogP contribution in [0.25, 0.3) is 0 Å². The van der Waals surface area contributed by atoms with E-state index in [1.807, 2.05) is 30.3 Å². The Balaban J connectivity index is 1.97. The molecule has 0 atom stereocenters. The van der Waals surface area contributed by atoms with Gasteiger partial charge >= 0.3 is 11.9 Å². The van der Waals surface area contributed by atoms with Crippen LogP contribution in [0.1, 0.15) is 11.1 Å². The van der Waals surface area contributed by atoms with Gasteiger partial charge in [0.05, 0.1) is 20.0 Å². The van der Waals surface area contributed by atoms with Crippen LogP contribution >= 0.6 is 0 Å². The molecule has 0 saturated heterocycles. The lowest BCUT2D eigenvalue weighted by Gasteiger charge is -2.06. The highest BCUT2D eigenvalue weighted by Crippen LogP contribution is 2.15. The molecule has 0 aliphatic rings. The first-order chi connectivity index (χ1) is 10.2. The van der Waals surface area contributed by atoms with Crippen molar-refractivity contribution >= 4 is 11.9 Å². The molecule has 0 aliphatic carbocycles. The van der Waals surface area contributed by atoms with Crippen molar-refractivity contribution in [2.45, 2.75) is 12.8 Å². The van der Waals surface area contributed by atoms with Gasteiger partial charge in [0, 0.05) is 0 Å². The van der Waals surface area contributed by atoms with Gasteiger partial charge in [-0.3, -0.25) is 9.59 Å². The summed E-state index contributed by atoms with van der Waals surface area (Å²) in [6.07, 6.45) is 0.364. The van der Waals surface area contributed by atoms with Crippen molar-refractivity contribution < 1.29 is 19.1 Å². The molecule has 0 radical (unpaired) electrons. The van der Waals surface area contributed by atoms with Crippen LogP contribution in [0.4, 0.5) is 0 Å². The number of hydrogen-bond acceptors (Lipinski definition) is 4. The van der Waals surface area contributed by atoms with Crippen LogP contribution in [-0.4, -0.2) is 19.0 Å². The zero-order valence-electron chi connectivity index (χ0n) is 11.7. The SMILES string of the molecule is COC(=O)Cc1cccc(OC(=O)Cc2ccccc2)c1. The van der Waals surface area contributed by atoms with E-state index in [1.54, 1.807) is 24.3 Å². The third kappa shape index (κ3) is 4.76. The molecule has 21 heavy (non-hydrogen) atoms. The molecule has 0 N–H and O–H groups in total. The van der Waals surface area contributed by atoms with Gasteiger partial charge in [-0.25, -0.2) is 0 Å². The number of ether oxygens (including phenoxy) is 2. The predicted molar refractivity (Wildman–Crippen MR) is 77.9 cm³/mol. The van der Waals surface area contributed by atoms with Gasteiger partial charge in [-0.2, -0.15) is 0 Å². The van der Waals surface area contributed by atoms with Crippen molar-refractivity contribution in [1.29, 1.82) is 0 Å². The zero-order valence-corrected chi connectivity index (χ0v) is 11.7. The van der Waals surface area contributed by atoms with E-state index in [-0.39, 0.29) is 24.8 Å². The topological polar surface area (TPSA) is 52.6 Å². The van der Waals surface area contributed by atoms with Gasteiger partial charge < -0.3 is 9.47 Å². The molecule has 0 heterocycles. The number of rotatable bonds is 5. The quantitative estimate of drug-likeness (QED) is 0.625. The van der Waals surface area contributed by atoms with E-state index >= 15 is 0 Å². The van der Waals surface area contributed by atoms with E-state index in [2.05, 4.69) is 4.74 Å². The van der Waals surface area contributed by atoms with Crippen molar-refractivity contribution in [3.63, 3.8) is 0 Å². The second kappa shape index (κ2) is 7.24. The van der Waals surface area contributed by atoms with Crippen LogP contribution in [0.5, 0.6) is 5.75 Å². The van der Waals surface area contributed by atoms with Gasteiger partial charge in [-0.1, -0.05) is 42.5 Å². The van der Waals surface area contributed by atoms with Crippen LogP contribution in [0.2, 0.25) is 0 Å². The van der Waals surface area contributed by atoms with Crippen molar-refractivity contribution in [2.75, 3.05) is 7.11 Å². The largest absolute Gasteiger partial charge is 0.469 e. The molecule has 4 nitrogen and oxygen atoms in total. The van der Waals surface area contributed by atoms with Gasteiger partial charge in [-0.15, -0.1) is 0 Å². The summed E-state index contributed by atoms with van der Waals surface area (Å²) in [7, 11) is 1.34. The minimum atomic E-state index is -0.337. The Hall–Kier alpha value is -2.62. The summed E-state index contributed by atoms with van der Waals surface area (Å²) in [5, 5.41) is 0. The molecule has 0 saturated carbocycles. The first-order valence-corrected chi connectivity index (χ1v) is 6.58. The highest BCUT2D eigenvalue weighted by molar-refractivity contribution is 5.75. The number of esters is 2. The Morgan fingerprint density at radius 3 is 2.24 bits per heavy atom. The highest BCUT2D eigenvalue weighted by atomic mass is 16.5. The summed E-state index contributed by atoms with van der Waals surface area (Å²) in [5.41, 5.74) is 1.64. The fraction of sp³-hybridized carbons (Fsp3) is 0.176. The second-order valence-electron chi connectivity index (χ2n) is 4.54. The van der Waals surface area contributed by atoms with E-state index in [1.165, 1.54) is 7.11 Å². The minimum Gasteiger partial charge on any atom is -0.469 e. The van der Waals surface area contributed by atoms with E-state index < -0.39 is 0 Å². The van der Waals surface area contributed by atoms with Crippen LogP contribution in [0.3, 0.4) is 0 Å². The maximum Gasteiger partial charge on any atom is 0.315 e. The van der Waals surface area contributed by atoms with Gasteiger partial charge in [0.2, 0.25) is 0 Å². The van der Waals surface area contributed by atoms with Crippen LogP contribution in [-0.2, 0) is 27.2 Å². The number of carbonyl (C=O) groups is 2. The van der Waals surface area contributed by atoms with Gasteiger partial charge in [0.1, 0.15) is 5.75 Å². The molecule has 0 aromatic heterocycles. The Labute approximate surface area is 123 Å². The summed E-state index contributed by atoms with van der Waals surface area (Å²) < 4.78 is 9.89. The first-order valence-electron chi connectivity index (χ1n) is 6.58. The maximum atomic E-state index is 11.9. The summed E-state index contributed by atoms with van der Waals surface area (Å²) in [5.74, 6) is -0.239. The molecule has 0 amide bonds. The number of carbonyl (C=O) groups excluding carboxylic acids is 2. The molecule has 0 bridgehead atoms. The smallest absolute Gasteiger partial charge is 0.315 e. The number of hydrogen-bond donors (Lipinski definition) is 0. The van der Waals surface area contributed by atoms with Crippen LogP contribution in [0.15, 0.2) is 54.6 Å². The molecule has 0 fully saturated rings. The van der Waals surface area contributed by atoms with Crippen molar-refractivity contribution in [3.05, 3.63) is 65.7 Å². The van der Waals surface area contributed by atoms with E-state index in [0.717, 1.165) is 11.1 Å². The lowest BCUT2D eigenvalue weighted by atomic mass is 10.1. The van der Waals surface area contributed by atoms with Crippen LogP contribution in [0, 0.1) is 0 Å². The Bertz CT molecular complexity index is 620. The van der Waals surface area contributed by atoms with Crippen molar-refractivity contribution in [3.8, 4) is 5.75 Å². The molecule has 0 unspecified atom stereocenters. The second-order valence-corrected chi connectivity index (χ2v) is 4.54. The van der Waals surface area contributed by atoms with E-state index in [9.17, 15) is 9.59 Å². The fourth-order valence-corrected chi connectivity index (χ4v) is 1.89. The molecule has 0 spiro atoms. The zero-order chi connectivity index (χ0) is 15.1. The van der Waals surface area contributed by atoms with Crippen molar-refractivity contribution in [1.82, 2.24) is 0 Å². The molecule has 108 valence electrons. The average molecular weight is 284 g/mol. The lowest BCUT2D eigenvalue weighted by Crippen LogP contribution is -2.11. The Morgan fingerprint density at radius 1 is 0.857 bits per heavy atom. The highest BCUT2D eigenvalue weighted by Gasteiger charge is 2.08. The number of methoxy groups -OCH3 is 1. The minimum absolute atomic E-state index is 0.153. The molecule has 2 aromatic rings. The van der Waals surface area contributed by atoms with Gasteiger partial charge in [0.15, 0.2) is 0 Å². The molecular weight excluding hydrogens is 268 g/mol. The third-order valence-corrected chi connectivity index (χ3v) is 2.90. The molecule has 4 heteroatoms. The van der Waals surface area contributed by atoms with Crippen molar-refractivity contribution in [2.24, 2.45) is 0 Å². The molecule has 2 aromatic carbocycles. The monoisotopic (exact) mass is 284 g/mol. The van der Waals surface area contributed by atoms with Crippen LogP contribution < -0.4 is 4.74 Å².